The monoisotopic (exact) mass is 194 g/mol. The zero-order valence-electron chi connectivity index (χ0n) is 8.74. The van der Waals surface area contributed by atoms with Crippen LogP contribution in [-0.2, 0) is 0 Å². The van der Waals surface area contributed by atoms with Gasteiger partial charge in [-0.2, -0.15) is 0 Å². The Morgan fingerprint density at radius 3 is 2.50 bits per heavy atom. The number of aliphatic imine (C=N–C) groups is 1. The molecule has 1 N–H and O–H groups in total. The van der Waals surface area contributed by atoms with Crippen molar-refractivity contribution in [3.63, 3.8) is 0 Å². The van der Waals surface area contributed by atoms with Crippen LogP contribution >= 0.6 is 0 Å². The maximum absolute atomic E-state index is 10.3. The quantitative estimate of drug-likeness (QED) is 0.541. The van der Waals surface area contributed by atoms with E-state index < -0.39 is 5.60 Å². The fraction of sp³-hybridized carbons (Fsp3) is 0.545. The molecule has 0 bridgehead atoms. The second-order valence-corrected chi connectivity index (χ2v) is 3.81. The first-order valence-electron chi connectivity index (χ1n) is 4.82. The summed E-state index contributed by atoms with van der Waals surface area (Å²) >= 11 is 0. The standard InChI is InChI=1S/C11H18N2O/c1-4-10(9-12-2)11(14)5-7-13(3)8-6-11/h4,9,14H,1-2,5-8H2,3H3/b10-9+. The highest BCUT2D eigenvalue weighted by Crippen LogP contribution is 2.29. The molecule has 0 radical (unpaired) electrons. The van der Waals surface area contributed by atoms with E-state index in [-0.39, 0.29) is 0 Å². The van der Waals surface area contributed by atoms with Crippen molar-refractivity contribution in [1.29, 1.82) is 0 Å². The molecule has 1 fully saturated rings. The van der Waals surface area contributed by atoms with Crippen LogP contribution in [-0.4, -0.2) is 42.5 Å². The molecule has 14 heavy (non-hydrogen) atoms. The Balaban J connectivity index is 2.78. The van der Waals surface area contributed by atoms with Crippen molar-refractivity contribution in [2.24, 2.45) is 4.99 Å². The van der Waals surface area contributed by atoms with Gasteiger partial charge < -0.3 is 10.0 Å². The van der Waals surface area contributed by atoms with E-state index in [1.165, 1.54) is 0 Å². The minimum absolute atomic E-state index is 0.733. The Bertz CT molecular complexity index is 250. The SMILES string of the molecule is C=C/C(=C\N=C)C1(O)CCN(C)CC1. The van der Waals surface area contributed by atoms with Crippen molar-refractivity contribution >= 4 is 6.72 Å². The Kier molecular flexibility index (Phi) is 3.61. The van der Waals surface area contributed by atoms with Gasteiger partial charge in [0.2, 0.25) is 0 Å². The van der Waals surface area contributed by atoms with Crippen LogP contribution in [0, 0.1) is 0 Å². The predicted octanol–water partition coefficient (Wildman–Crippen LogP) is 1.21. The van der Waals surface area contributed by atoms with Gasteiger partial charge in [-0.15, -0.1) is 0 Å². The zero-order chi connectivity index (χ0) is 10.6. The summed E-state index contributed by atoms with van der Waals surface area (Å²) in [7, 11) is 2.06. The first-order chi connectivity index (χ1) is 6.62. The highest BCUT2D eigenvalue weighted by Gasteiger charge is 2.33. The van der Waals surface area contributed by atoms with Gasteiger partial charge in [0.15, 0.2) is 0 Å². The molecule has 3 nitrogen and oxygen atoms in total. The third-order valence-corrected chi connectivity index (χ3v) is 2.80. The molecule has 1 heterocycles. The number of likely N-dealkylation sites (tertiary alicyclic amines) is 1. The van der Waals surface area contributed by atoms with Crippen LogP contribution in [0.5, 0.6) is 0 Å². The number of rotatable bonds is 3. The van der Waals surface area contributed by atoms with E-state index in [9.17, 15) is 5.11 Å². The van der Waals surface area contributed by atoms with E-state index in [0.29, 0.717) is 0 Å². The molecule has 0 saturated carbocycles. The Labute approximate surface area is 85.5 Å². The third kappa shape index (κ3) is 2.30. The van der Waals surface area contributed by atoms with Gasteiger partial charge in [-0.1, -0.05) is 12.7 Å². The van der Waals surface area contributed by atoms with Gasteiger partial charge in [-0.25, -0.2) is 0 Å². The molecule has 3 heteroatoms. The summed E-state index contributed by atoms with van der Waals surface area (Å²) in [6, 6.07) is 0. The molecule has 1 saturated heterocycles. The lowest BCUT2D eigenvalue weighted by molar-refractivity contribution is 0.0191. The summed E-state index contributed by atoms with van der Waals surface area (Å²) in [5.41, 5.74) is 0.0238. The number of hydrogen-bond acceptors (Lipinski definition) is 3. The van der Waals surface area contributed by atoms with Gasteiger partial charge in [-0.3, -0.25) is 4.99 Å². The Morgan fingerprint density at radius 2 is 2.07 bits per heavy atom. The average Bonchev–Trinajstić information content (AvgIpc) is 2.19. The molecule has 1 aliphatic heterocycles. The van der Waals surface area contributed by atoms with Crippen molar-refractivity contribution in [3.05, 3.63) is 24.4 Å². The minimum Gasteiger partial charge on any atom is -0.385 e. The smallest absolute Gasteiger partial charge is 0.0935 e. The van der Waals surface area contributed by atoms with Crippen LogP contribution in [0.2, 0.25) is 0 Å². The third-order valence-electron chi connectivity index (χ3n) is 2.80. The maximum atomic E-state index is 10.3. The van der Waals surface area contributed by atoms with Crippen molar-refractivity contribution in [1.82, 2.24) is 4.90 Å². The minimum atomic E-state index is -0.755. The van der Waals surface area contributed by atoms with Crippen LogP contribution in [0.3, 0.4) is 0 Å². The van der Waals surface area contributed by atoms with E-state index in [1.54, 1.807) is 12.3 Å². The summed E-state index contributed by atoms with van der Waals surface area (Å²) in [6.07, 6.45) is 4.73. The van der Waals surface area contributed by atoms with Gasteiger partial charge >= 0.3 is 0 Å². The molecule has 0 spiro atoms. The lowest BCUT2D eigenvalue weighted by atomic mass is 9.84. The van der Waals surface area contributed by atoms with Crippen molar-refractivity contribution in [2.75, 3.05) is 20.1 Å². The normalized spacial score (nSPS) is 23.1. The molecule has 0 atom stereocenters. The summed E-state index contributed by atoms with van der Waals surface area (Å²) < 4.78 is 0. The largest absolute Gasteiger partial charge is 0.385 e. The van der Waals surface area contributed by atoms with E-state index in [1.807, 2.05) is 0 Å². The Hall–Kier alpha value is -0.930. The first kappa shape index (κ1) is 11.1. The van der Waals surface area contributed by atoms with Crippen molar-refractivity contribution in [2.45, 2.75) is 18.4 Å². The second kappa shape index (κ2) is 4.53. The summed E-state index contributed by atoms with van der Waals surface area (Å²) in [5, 5.41) is 10.3. The van der Waals surface area contributed by atoms with E-state index >= 15 is 0 Å². The van der Waals surface area contributed by atoms with Crippen LogP contribution in [0.25, 0.3) is 0 Å². The number of nitrogens with zero attached hydrogens (tertiary/aromatic N) is 2. The highest BCUT2D eigenvalue weighted by molar-refractivity contribution is 5.33. The van der Waals surface area contributed by atoms with Gasteiger partial charge in [0.25, 0.3) is 0 Å². The van der Waals surface area contributed by atoms with Gasteiger partial charge in [0, 0.05) is 24.9 Å². The molecule has 0 aliphatic carbocycles. The van der Waals surface area contributed by atoms with Crippen molar-refractivity contribution in [3.8, 4) is 0 Å². The van der Waals surface area contributed by atoms with Crippen LogP contribution in [0.1, 0.15) is 12.8 Å². The first-order valence-corrected chi connectivity index (χ1v) is 4.82. The second-order valence-electron chi connectivity index (χ2n) is 3.81. The van der Waals surface area contributed by atoms with Crippen LogP contribution < -0.4 is 0 Å². The van der Waals surface area contributed by atoms with E-state index in [4.69, 9.17) is 0 Å². The van der Waals surface area contributed by atoms with Gasteiger partial charge in [0.1, 0.15) is 0 Å². The molecule has 0 aromatic carbocycles. The summed E-state index contributed by atoms with van der Waals surface area (Å²) in [5.74, 6) is 0. The molecule has 1 rings (SSSR count). The topological polar surface area (TPSA) is 35.8 Å². The van der Waals surface area contributed by atoms with E-state index in [0.717, 1.165) is 31.5 Å². The number of piperidine rings is 1. The molecule has 0 unspecified atom stereocenters. The fourth-order valence-corrected chi connectivity index (χ4v) is 1.74. The van der Waals surface area contributed by atoms with Crippen LogP contribution in [0.15, 0.2) is 29.4 Å². The molecule has 0 aromatic heterocycles. The van der Waals surface area contributed by atoms with Gasteiger partial charge in [0.05, 0.1) is 5.60 Å². The molecular formula is C11H18N2O. The average molecular weight is 194 g/mol. The predicted molar refractivity (Wildman–Crippen MR) is 59.5 cm³/mol. The molecule has 0 amide bonds. The lowest BCUT2D eigenvalue weighted by Crippen LogP contribution is -2.43. The summed E-state index contributed by atoms with van der Waals surface area (Å²) in [4.78, 5) is 5.89. The van der Waals surface area contributed by atoms with E-state index in [2.05, 4.69) is 30.2 Å². The molecule has 0 aromatic rings. The molecule has 1 aliphatic rings. The zero-order valence-corrected chi connectivity index (χ0v) is 8.74. The lowest BCUT2D eigenvalue weighted by Gasteiger charge is -2.37. The fourth-order valence-electron chi connectivity index (χ4n) is 1.74. The highest BCUT2D eigenvalue weighted by atomic mass is 16.3. The van der Waals surface area contributed by atoms with Crippen molar-refractivity contribution < 1.29 is 5.11 Å². The maximum Gasteiger partial charge on any atom is 0.0935 e. The summed E-state index contributed by atoms with van der Waals surface area (Å²) in [6.45, 7) is 8.89. The molecular weight excluding hydrogens is 176 g/mol. The Morgan fingerprint density at radius 1 is 1.50 bits per heavy atom. The number of hydrogen-bond donors (Lipinski definition) is 1. The number of aliphatic hydroxyl groups is 1. The molecule has 78 valence electrons. The van der Waals surface area contributed by atoms with Gasteiger partial charge in [-0.05, 0) is 26.6 Å². The van der Waals surface area contributed by atoms with Crippen LogP contribution in [0.4, 0.5) is 0 Å².